The molecule has 0 radical (unpaired) electrons. The van der Waals surface area contributed by atoms with Gasteiger partial charge in [0, 0.05) is 35.8 Å². The van der Waals surface area contributed by atoms with E-state index in [2.05, 4.69) is 10.2 Å². The van der Waals surface area contributed by atoms with Crippen LogP contribution in [0.4, 0.5) is 13.2 Å². The Morgan fingerprint density at radius 3 is 2.44 bits per heavy atom. The van der Waals surface area contributed by atoms with Crippen LogP contribution in [0.3, 0.4) is 0 Å². The molecule has 2 aromatic carbocycles. The zero-order chi connectivity index (χ0) is 25.4. The van der Waals surface area contributed by atoms with Crippen LogP contribution in [0.25, 0.3) is 22.5 Å². The molecule has 0 aliphatic carbocycles. The Morgan fingerprint density at radius 2 is 1.78 bits per heavy atom. The van der Waals surface area contributed by atoms with Gasteiger partial charge in [-0.25, -0.2) is 9.67 Å². The SMILES string of the molecule is COc1cc(-n2cccn2)ccc1-c1c(C)nn2c(OCc3ccc(C(F)(F)F)cc3)cc(C)nc12. The smallest absolute Gasteiger partial charge is 0.416 e. The summed E-state index contributed by atoms with van der Waals surface area (Å²) >= 11 is 0. The molecule has 0 spiro atoms. The minimum absolute atomic E-state index is 0.0762. The highest BCUT2D eigenvalue weighted by atomic mass is 19.4. The molecule has 0 amide bonds. The van der Waals surface area contributed by atoms with Crippen LogP contribution in [0, 0.1) is 13.8 Å². The van der Waals surface area contributed by atoms with Crippen molar-refractivity contribution >= 4 is 5.65 Å². The number of fused-ring (bicyclic) bond motifs is 1. The maximum absolute atomic E-state index is 12.9. The second kappa shape index (κ2) is 9.03. The molecule has 0 aliphatic rings. The van der Waals surface area contributed by atoms with Crippen LogP contribution in [0.5, 0.6) is 11.6 Å². The number of rotatable bonds is 6. The van der Waals surface area contributed by atoms with Gasteiger partial charge in [-0.05, 0) is 49.7 Å². The summed E-state index contributed by atoms with van der Waals surface area (Å²) < 4.78 is 53.6. The summed E-state index contributed by atoms with van der Waals surface area (Å²) in [7, 11) is 1.60. The number of aryl methyl sites for hydroxylation is 2. The summed E-state index contributed by atoms with van der Waals surface area (Å²) in [5.41, 5.74) is 4.36. The normalized spacial score (nSPS) is 11.7. The molecule has 3 aromatic heterocycles. The van der Waals surface area contributed by atoms with E-state index in [-0.39, 0.29) is 6.61 Å². The number of alkyl halides is 3. The molecule has 0 N–H and O–H groups in total. The van der Waals surface area contributed by atoms with Crippen molar-refractivity contribution in [2.24, 2.45) is 0 Å². The van der Waals surface area contributed by atoms with Crippen LogP contribution in [0.15, 0.2) is 67.0 Å². The minimum Gasteiger partial charge on any atom is -0.496 e. The summed E-state index contributed by atoms with van der Waals surface area (Å²) in [4.78, 5) is 4.70. The number of nitrogens with zero attached hydrogens (tertiary/aromatic N) is 5. The molecule has 0 atom stereocenters. The molecule has 3 heterocycles. The average Bonchev–Trinajstić information content (AvgIpc) is 3.50. The Hall–Kier alpha value is -4.34. The summed E-state index contributed by atoms with van der Waals surface area (Å²) in [6.07, 6.45) is -0.830. The second-order valence-electron chi connectivity index (χ2n) is 8.25. The summed E-state index contributed by atoms with van der Waals surface area (Å²) in [5, 5.41) is 8.91. The fourth-order valence-electron chi connectivity index (χ4n) is 4.03. The van der Waals surface area contributed by atoms with Crippen LogP contribution >= 0.6 is 0 Å². The summed E-state index contributed by atoms with van der Waals surface area (Å²) in [5.74, 6) is 1.07. The monoisotopic (exact) mass is 493 g/mol. The third-order valence-corrected chi connectivity index (χ3v) is 5.75. The van der Waals surface area contributed by atoms with Crippen molar-refractivity contribution in [1.82, 2.24) is 24.4 Å². The topological polar surface area (TPSA) is 66.5 Å². The van der Waals surface area contributed by atoms with Gasteiger partial charge in [0.2, 0.25) is 5.88 Å². The lowest BCUT2D eigenvalue weighted by molar-refractivity contribution is -0.137. The van der Waals surface area contributed by atoms with Crippen molar-refractivity contribution in [3.63, 3.8) is 0 Å². The van der Waals surface area contributed by atoms with Gasteiger partial charge < -0.3 is 9.47 Å². The molecule has 5 aromatic rings. The van der Waals surface area contributed by atoms with Gasteiger partial charge in [-0.3, -0.25) is 0 Å². The number of halogens is 3. The highest BCUT2D eigenvalue weighted by molar-refractivity contribution is 5.84. The van der Waals surface area contributed by atoms with E-state index in [1.165, 1.54) is 12.1 Å². The highest BCUT2D eigenvalue weighted by Crippen LogP contribution is 2.37. The molecular weight excluding hydrogens is 471 g/mol. The van der Waals surface area contributed by atoms with Crippen molar-refractivity contribution in [3.8, 4) is 28.4 Å². The molecule has 0 saturated heterocycles. The van der Waals surface area contributed by atoms with E-state index < -0.39 is 11.7 Å². The highest BCUT2D eigenvalue weighted by Gasteiger charge is 2.30. The molecule has 0 unspecified atom stereocenters. The van der Waals surface area contributed by atoms with Crippen molar-refractivity contribution in [3.05, 3.63) is 89.5 Å². The number of methoxy groups -OCH3 is 1. The summed E-state index contributed by atoms with van der Waals surface area (Å²) in [6, 6.07) is 14.2. The molecule has 0 saturated carbocycles. The van der Waals surface area contributed by atoms with Crippen molar-refractivity contribution in [1.29, 1.82) is 0 Å². The zero-order valence-electron chi connectivity index (χ0n) is 19.7. The van der Waals surface area contributed by atoms with Crippen molar-refractivity contribution in [2.75, 3.05) is 7.11 Å². The van der Waals surface area contributed by atoms with Gasteiger partial charge in [-0.1, -0.05) is 12.1 Å². The van der Waals surface area contributed by atoms with Gasteiger partial charge in [0.25, 0.3) is 0 Å². The van der Waals surface area contributed by atoms with Gasteiger partial charge in [0.15, 0.2) is 5.65 Å². The fourth-order valence-corrected chi connectivity index (χ4v) is 4.03. The van der Waals surface area contributed by atoms with Crippen molar-refractivity contribution < 1.29 is 22.6 Å². The Morgan fingerprint density at radius 1 is 1.00 bits per heavy atom. The lowest BCUT2D eigenvalue weighted by Crippen LogP contribution is -2.06. The molecule has 184 valence electrons. The quantitative estimate of drug-likeness (QED) is 0.299. The predicted octanol–water partition coefficient (Wildman–Crippen LogP) is 5.81. The van der Waals surface area contributed by atoms with E-state index >= 15 is 0 Å². The van der Waals surface area contributed by atoms with Crippen LogP contribution in [0.2, 0.25) is 0 Å². The third-order valence-electron chi connectivity index (χ3n) is 5.75. The number of benzene rings is 2. The second-order valence-corrected chi connectivity index (χ2v) is 8.25. The number of hydrogen-bond acceptors (Lipinski definition) is 5. The molecular formula is C26H22F3N5O2. The minimum atomic E-state index is -4.38. The predicted molar refractivity (Wildman–Crippen MR) is 127 cm³/mol. The summed E-state index contributed by atoms with van der Waals surface area (Å²) in [6.45, 7) is 3.79. The third kappa shape index (κ3) is 4.37. The molecule has 0 aliphatic heterocycles. The Kier molecular flexibility index (Phi) is 5.87. The maximum Gasteiger partial charge on any atom is 0.416 e. The van der Waals surface area contributed by atoms with Crippen LogP contribution < -0.4 is 9.47 Å². The van der Waals surface area contributed by atoms with Gasteiger partial charge in [-0.15, -0.1) is 0 Å². The van der Waals surface area contributed by atoms with E-state index in [9.17, 15) is 13.2 Å². The first-order valence-corrected chi connectivity index (χ1v) is 11.1. The zero-order valence-corrected chi connectivity index (χ0v) is 19.7. The van der Waals surface area contributed by atoms with E-state index in [1.807, 2.05) is 44.3 Å². The van der Waals surface area contributed by atoms with E-state index in [0.29, 0.717) is 28.5 Å². The lowest BCUT2D eigenvalue weighted by Gasteiger charge is -2.12. The number of aromatic nitrogens is 5. The molecule has 0 fully saturated rings. The van der Waals surface area contributed by atoms with E-state index in [1.54, 1.807) is 28.6 Å². The average molecular weight is 493 g/mol. The van der Waals surface area contributed by atoms with E-state index in [4.69, 9.17) is 14.5 Å². The van der Waals surface area contributed by atoms with Crippen LogP contribution in [-0.2, 0) is 12.8 Å². The van der Waals surface area contributed by atoms with Crippen LogP contribution in [-0.4, -0.2) is 31.5 Å². The molecule has 5 rings (SSSR count). The molecule has 36 heavy (non-hydrogen) atoms. The number of ether oxygens (including phenoxy) is 2. The molecule has 7 nitrogen and oxygen atoms in total. The van der Waals surface area contributed by atoms with Gasteiger partial charge in [0.1, 0.15) is 12.4 Å². The van der Waals surface area contributed by atoms with Gasteiger partial charge >= 0.3 is 6.18 Å². The van der Waals surface area contributed by atoms with Gasteiger partial charge in [0.05, 0.1) is 29.6 Å². The first-order valence-electron chi connectivity index (χ1n) is 11.1. The maximum atomic E-state index is 12.9. The molecule has 10 heteroatoms. The van der Waals surface area contributed by atoms with Crippen LogP contribution in [0.1, 0.15) is 22.5 Å². The Bertz CT molecular complexity index is 1520. The molecule has 0 bridgehead atoms. The largest absolute Gasteiger partial charge is 0.496 e. The first-order chi connectivity index (χ1) is 17.2. The Balaban J connectivity index is 1.51. The standard InChI is InChI=1S/C26H22F3N5O2/c1-16-13-23(36-15-18-5-7-19(8-6-18)26(27,28)29)34-25(31-16)24(17(2)32-34)21-10-9-20(14-22(21)35-3)33-12-4-11-30-33/h4-14H,15H2,1-3H3. The fraction of sp³-hybridized carbons (Fsp3) is 0.192. The van der Waals surface area contributed by atoms with E-state index in [0.717, 1.165) is 34.6 Å². The Labute approximate surface area is 204 Å². The first kappa shape index (κ1) is 23.4. The van der Waals surface area contributed by atoms with Gasteiger partial charge in [-0.2, -0.15) is 27.9 Å². The van der Waals surface area contributed by atoms with Crippen molar-refractivity contribution in [2.45, 2.75) is 26.6 Å². The number of hydrogen-bond donors (Lipinski definition) is 0. The lowest BCUT2D eigenvalue weighted by atomic mass is 10.0.